The van der Waals surface area contributed by atoms with E-state index in [1.807, 2.05) is 36.4 Å². The highest BCUT2D eigenvalue weighted by atomic mass is 16.5. The number of ether oxygens (including phenoxy) is 2. The summed E-state index contributed by atoms with van der Waals surface area (Å²) in [5.74, 6) is -0.340. The lowest BCUT2D eigenvalue weighted by molar-refractivity contribution is -0.148. The summed E-state index contributed by atoms with van der Waals surface area (Å²) in [7, 11) is 1.56. The maximum Gasteiger partial charge on any atom is 0.331 e. The van der Waals surface area contributed by atoms with E-state index in [1.54, 1.807) is 31.4 Å². The van der Waals surface area contributed by atoms with Gasteiger partial charge in [-0.25, -0.2) is 4.79 Å². The first-order valence-corrected chi connectivity index (χ1v) is 7.48. The minimum absolute atomic E-state index is 0.389. The third kappa shape index (κ3) is 4.98. The zero-order valence-corrected chi connectivity index (χ0v) is 13.6. The molecule has 1 amide bonds. The Balaban J connectivity index is 1.91. The lowest BCUT2D eigenvalue weighted by atomic mass is 10.2. The number of para-hydroxylation sites is 2. The van der Waals surface area contributed by atoms with E-state index in [4.69, 9.17) is 9.47 Å². The van der Waals surface area contributed by atoms with Gasteiger partial charge in [-0.05, 0) is 31.2 Å². The summed E-state index contributed by atoms with van der Waals surface area (Å²) in [5, 5.41) is 2.68. The third-order valence-corrected chi connectivity index (χ3v) is 3.24. The molecule has 0 aliphatic rings. The van der Waals surface area contributed by atoms with Crippen molar-refractivity contribution in [3.8, 4) is 5.75 Å². The van der Waals surface area contributed by atoms with Crippen LogP contribution in [0.2, 0.25) is 0 Å². The van der Waals surface area contributed by atoms with Gasteiger partial charge in [0.2, 0.25) is 0 Å². The van der Waals surface area contributed by atoms with Gasteiger partial charge in [0.15, 0.2) is 6.10 Å². The standard InChI is InChI=1S/C19H19NO4/c1-14(19(22)20-16-9-4-3-5-10-16)24-18(21)13-12-15-8-6-7-11-17(15)23-2/h3-14H,1-2H3,(H,20,22)/b13-12+. The van der Waals surface area contributed by atoms with Gasteiger partial charge in [-0.15, -0.1) is 0 Å². The van der Waals surface area contributed by atoms with Gasteiger partial charge in [-0.2, -0.15) is 0 Å². The molecule has 0 saturated heterocycles. The van der Waals surface area contributed by atoms with Gasteiger partial charge in [0.1, 0.15) is 5.75 Å². The molecule has 0 radical (unpaired) electrons. The Morgan fingerprint density at radius 3 is 2.42 bits per heavy atom. The number of hydrogen-bond acceptors (Lipinski definition) is 4. The molecule has 0 aliphatic carbocycles. The number of anilines is 1. The monoisotopic (exact) mass is 325 g/mol. The molecule has 0 bridgehead atoms. The predicted octanol–water partition coefficient (Wildman–Crippen LogP) is 3.28. The molecule has 0 spiro atoms. The Labute approximate surface area is 140 Å². The summed E-state index contributed by atoms with van der Waals surface area (Å²) in [6.45, 7) is 1.52. The third-order valence-electron chi connectivity index (χ3n) is 3.24. The minimum Gasteiger partial charge on any atom is -0.496 e. The fraction of sp³-hybridized carbons (Fsp3) is 0.158. The molecule has 0 heterocycles. The van der Waals surface area contributed by atoms with Crippen LogP contribution in [0.1, 0.15) is 12.5 Å². The number of amides is 1. The second kappa shape index (κ2) is 8.53. The quantitative estimate of drug-likeness (QED) is 0.654. The van der Waals surface area contributed by atoms with Gasteiger partial charge in [0, 0.05) is 17.3 Å². The van der Waals surface area contributed by atoms with Gasteiger partial charge in [-0.3, -0.25) is 4.79 Å². The first kappa shape index (κ1) is 17.3. The lowest BCUT2D eigenvalue weighted by Gasteiger charge is -2.12. The largest absolute Gasteiger partial charge is 0.496 e. The Morgan fingerprint density at radius 2 is 1.71 bits per heavy atom. The number of hydrogen-bond donors (Lipinski definition) is 1. The maximum absolute atomic E-state index is 12.0. The van der Waals surface area contributed by atoms with Crippen LogP contribution in [-0.2, 0) is 14.3 Å². The van der Waals surface area contributed by atoms with Crippen molar-refractivity contribution in [2.24, 2.45) is 0 Å². The molecule has 1 unspecified atom stereocenters. The molecule has 0 fully saturated rings. The summed E-state index contributed by atoms with van der Waals surface area (Å²) in [6.07, 6.45) is 1.95. The minimum atomic E-state index is -0.903. The van der Waals surface area contributed by atoms with Crippen LogP contribution < -0.4 is 10.1 Å². The zero-order chi connectivity index (χ0) is 17.4. The highest BCUT2D eigenvalue weighted by Crippen LogP contribution is 2.18. The number of carbonyl (C=O) groups is 2. The van der Waals surface area contributed by atoms with E-state index in [-0.39, 0.29) is 5.91 Å². The van der Waals surface area contributed by atoms with Crippen molar-refractivity contribution in [2.45, 2.75) is 13.0 Å². The topological polar surface area (TPSA) is 64.6 Å². The number of benzene rings is 2. The summed E-state index contributed by atoms with van der Waals surface area (Å²) >= 11 is 0. The lowest BCUT2D eigenvalue weighted by Crippen LogP contribution is -2.29. The van der Waals surface area contributed by atoms with Gasteiger partial charge in [-0.1, -0.05) is 36.4 Å². The average molecular weight is 325 g/mol. The average Bonchev–Trinajstić information content (AvgIpc) is 2.61. The molecule has 5 nitrogen and oxygen atoms in total. The van der Waals surface area contributed by atoms with E-state index < -0.39 is 12.1 Å². The first-order chi connectivity index (χ1) is 11.6. The fourth-order valence-corrected chi connectivity index (χ4v) is 1.99. The van der Waals surface area contributed by atoms with Crippen LogP contribution in [-0.4, -0.2) is 25.1 Å². The Bertz CT molecular complexity index is 725. The molecule has 0 saturated carbocycles. The number of esters is 1. The summed E-state index contributed by atoms with van der Waals surface area (Å²) in [6, 6.07) is 16.3. The fourth-order valence-electron chi connectivity index (χ4n) is 1.99. The van der Waals surface area contributed by atoms with Gasteiger partial charge < -0.3 is 14.8 Å². The molecule has 124 valence electrons. The van der Waals surface area contributed by atoms with Gasteiger partial charge in [0.25, 0.3) is 5.91 Å². The van der Waals surface area contributed by atoms with E-state index in [9.17, 15) is 9.59 Å². The van der Waals surface area contributed by atoms with Crippen LogP contribution >= 0.6 is 0 Å². The normalized spacial score (nSPS) is 11.8. The number of methoxy groups -OCH3 is 1. The number of rotatable bonds is 6. The van der Waals surface area contributed by atoms with E-state index in [1.165, 1.54) is 13.0 Å². The molecule has 0 aromatic heterocycles. The van der Waals surface area contributed by atoms with E-state index >= 15 is 0 Å². The maximum atomic E-state index is 12.0. The Kier molecular flexibility index (Phi) is 6.14. The van der Waals surface area contributed by atoms with Gasteiger partial charge >= 0.3 is 5.97 Å². The van der Waals surface area contributed by atoms with Crippen molar-refractivity contribution < 1.29 is 19.1 Å². The molecule has 1 atom stereocenters. The molecule has 2 aromatic rings. The highest BCUT2D eigenvalue weighted by molar-refractivity contribution is 5.96. The number of nitrogens with one attached hydrogen (secondary N) is 1. The summed E-state index contributed by atoms with van der Waals surface area (Å²) in [4.78, 5) is 23.8. The molecule has 2 aromatic carbocycles. The Morgan fingerprint density at radius 1 is 1.04 bits per heavy atom. The second-order valence-corrected chi connectivity index (χ2v) is 5.01. The van der Waals surface area contributed by atoms with Crippen LogP contribution in [0.15, 0.2) is 60.7 Å². The van der Waals surface area contributed by atoms with Gasteiger partial charge in [0.05, 0.1) is 7.11 Å². The zero-order valence-electron chi connectivity index (χ0n) is 13.6. The predicted molar refractivity (Wildman–Crippen MR) is 92.7 cm³/mol. The van der Waals surface area contributed by atoms with E-state index in [2.05, 4.69) is 5.32 Å². The number of carbonyl (C=O) groups excluding carboxylic acids is 2. The van der Waals surface area contributed by atoms with Crippen molar-refractivity contribution in [3.05, 3.63) is 66.2 Å². The van der Waals surface area contributed by atoms with Crippen molar-refractivity contribution in [1.82, 2.24) is 0 Å². The molecule has 24 heavy (non-hydrogen) atoms. The second-order valence-electron chi connectivity index (χ2n) is 5.01. The summed E-state index contributed by atoms with van der Waals surface area (Å²) in [5.41, 5.74) is 1.40. The molecule has 1 N–H and O–H groups in total. The van der Waals surface area contributed by atoms with Crippen molar-refractivity contribution in [1.29, 1.82) is 0 Å². The van der Waals surface area contributed by atoms with Crippen molar-refractivity contribution >= 4 is 23.6 Å². The van der Waals surface area contributed by atoms with E-state index in [0.29, 0.717) is 11.4 Å². The molecule has 0 aliphatic heterocycles. The highest BCUT2D eigenvalue weighted by Gasteiger charge is 2.16. The molecule has 2 rings (SSSR count). The SMILES string of the molecule is COc1ccccc1/C=C/C(=O)OC(C)C(=O)Nc1ccccc1. The summed E-state index contributed by atoms with van der Waals surface area (Å²) < 4.78 is 10.3. The Hall–Kier alpha value is -3.08. The molecule has 5 heteroatoms. The van der Waals surface area contributed by atoms with Crippen LogP contribution in [0.5, 0.6) is 5.75 Å². The van der Waals surface area contributed by atoms with Crippen LogP contribution in [0.4, 0.5) is 5.69 Å². The van der Waals surface area contributed by atoms with Crippen molar-refractivity contribution in [3.63, 3.8) is 0 Å². The molecular formula is C19H19NO4. The van der Waals surface area contributed by atoms with Crippen molar-refractivity contribution in [2.75, 3.05) is 12.4 Å². The molecular weight excluding hydrogens is 306 g/mol. The van der Waals surface area contributed by atoms with Crippen LogP contribution in [0.3, 0.4) is 0 Å². The first-order valence-electron chi connectivity index (χ1n) is 7.48. The van der Waals surface area contributed by atoms with E-state index in [0.717, 1.165) is 5.56 Å². The van der Waals surface area contributed by atoms with Crippen LogP contribution in [0.25, 0.3) is 6.08 Å². The van der Waals surface area contributed by atoms with Crippen LogP contribution in [0, 0.1) is 0 Å². The smallest absolute Gasteiger partial charge is 0.331 e.